The highest BCUT2D eigenvalue weighted by Gasteiger charge is 2.12. The van der Waals surface area contributed by atoms with Crippen molar-refractivity contribution in [2.75, 3.05) is 36.5 Å². The lowest BCUT2D eigenvalue weighted by molar-refractivity contribution is -0.112. The highest BCUT2D eigenvalue weighted by molar-refractivity contribution is 6.30. The number of benzene rings is 2. The number of rotatable bonds is 4. The molecule has 0 bridgehead atoms. The van der Waals surface area contributed by atoms with Crippen molar-refractivity contribution < 1.29 is 9.53 Å². The predicted octanol–water partition coefficient (Wildman–Crippen LogP) is 3.72. The fraction of sp³-hybridized carbons (Fsp3) is 0.200. The van der Waals surface area contributed by atoms with E-state index in [1.54, 1.807) is 30.3 Å². The molecule has 2 aromatic rings. The average Bonchev–Trinajstić information content (AvgIpc) is 2.69. The lowest BCUT2D eigenvalue weighted by Gasteiger charge is -2.28. The number of carbonyl (C=O) groups is 1. The molecule has 5 nitrogen and oxygen atoms in total. The van der Waals surface area contributed by atoms with E-state index >= 15 is 0 Å². The molecule has 1 N–H and O–H groups in total. The standard InChI is InChI=1S/C20H18ClN3O2/c21-17-3-5-18(6-4-17)23-20(25)16(14-22)13-15-1-7-19(8-2-15)24-9-11-26-12-10-24/h1-8,13H,9-12H2,(H,23,25). The van der Waals surface area contributed by atoms with Crippen LogP contribution in [0.4, 0.5) is 11.4 Å². The first-order chi connectivity index (χ1) is 12.7. The van der Waals surface area contributed by atoms with Crippen LogP contribution in [0.2, 0.25) is 5.02 Å². The van der Waals surface area contributed by atoms with Gasteiger partial charge in [-0.2, -0.15) is 5.26 Å². The average molecular weight is 368 g/mol. The van der Waals surface area contributed by atoms with Crippen LogP contribution in [0.25, 0.3) is 6.08 Å². The number of hydrogen-bond acceptors (Lipinski definition) is 4. The van der Waals surface area contributed by atoms with Crippen LogP contribution < -0.4 is 10.2 Å². The van der Waals surface area contributed by atoms with E-state index in [0.717, 1.165) is 37.6 Å². The second-order valence-corrected chi connectivity index (χ2v) is 6.26. The highest BCUT2D eigenvalue weighted by atomic mass is 35.5. The topological polar surface area (TPSA) is 65.4 Å². The number of amides is 1. The summed E-state index contributed by atoms with van der Waals surface area (Å²) in [5, 5.41) is 12.6. The van der Waals surface area contributed by atoms with E-state index in [2.05, 4.69) is 10.2 Å². The molecule has 0 saturated carbocycles. The van der Waals surface area contributed by atoms with Gasteiger partial charge in [-0.05, 0) is 48.0 Å². The molecule has 0 unspecified atom stereocenters. The normalized spacial score (nSPS) is 14.6. The molecular weight excluding hydrogens is 350 g/mol. The Balaban J connectivity index is 1.70. The van der Waals surface area contributed by atoms with Crippen molar-refractivity contribution in [3.05, 3.63) is 64.7 Å². The first-order valence-corrected chi connectivity index (χ1v) is 8.65. The van der Waals surface area contributed by atoms with E-state index in [9.17, 15) is 10.1 Å². The van der Waals surface area contributed by atoms with Gasteiger partial charge in [0.05, 0.1) is 13.2 Å². The van der Waals surface area contributed by atoms with Crippen molar-refractivity contribution in [1.29, 1.82) is 5.26 Å². The van der Waals surface area contributed by atoms with Crippen LogP contribution in [0.3, 0.4) is 0 Å². The zero-order valence-corrected chi connectivity index (χ0v) is 14.9. The third kappa shape index (κ3) is 4.63. The second kappa shape index (κ2) is 8.52. The third-order valence-electron chi connectivity index (χ3n) is 4.05. The Bertz CT molecular complexity index is 833. The Kier molecular flexibility index (Phi) is 5.90. The minimum atomic E-state index is -0.452. The molecule has 26 heavy (non-hydrogen) atoms. The van der Waals surface area contributed by atoms with Gasteiger partial charge in [0.15, 0.2) is 0 Å². The molecule has 1 saturated heterocycles. The third-order valence-corrected chi connectivity index (χ3v) is 4.30. The molecule has 1 aliphatic heterocycles. The minimum absolute atomic E-state index is 0.0408. The van der Waals surface area contributed by atoms with Crippen LogP contribution in [-0.2, 0) is 9.53 Å². The first kappa shape index (κ1) is 18.0. The monoisotopic (exact) mass is 367 g/mol. The Morgan fingerprint density at radius 1 is 1.12 bits per heavy atom. The summed E-state index contributed by atoms with van der Waals surface area (Å²) < 4.78 is 5.35. The molecule has 0 spiro atoms. The van der Waals surface area contributed by atoms with E-state index < -0.39 is 5.91 Å². The van der Waals surface area contributed by atoms with Gasteiger partial charge in [0.25, 0.3) is 5.91 Å². The van der Waals surface area contributed by atoms with E-state index in [1.165, 1.54) is 0 Å². The fourth-order valence-corrected chi connectivity index (χ4v) is 2.78. The molecule has 0 aliphatic carbocycles. The number of halogens is 1. The second-order valence-electron chi connectivity index (χ2n) is 5.82. The molecule has 1 fully saturated rings. The van der Waals surface area contributed by atoms with Crippen LogP contribution in [-0.4, -0.2) is 32.2 Å². The smallest absolute Gasteiger partial charge is 0.266 e. The van der Waals surface area contributed by atoms with Crippen LogP contribution in [0.5, 0.6) is 0 Å². The van der Waals surface area contributed by atoms with Gasteiger partial charge in [0.1, 0.15) is 11.6 Å². The summed E-state index contributed by atoms with van der Waals surface area (Å²) in [5.41, 5.74) is 2.53. The SMILES string of the molecule is N#CC(=Cc1ccc(N2CCOCC2)cc1)C(=O)Nc1ccc(Cl)cc1. The van der Waals surface area contributed by atoms with Gasteiger partial charge in [0.2, 0.25) is 0 Å². The summed E-state index contributed by atoms with van der Waals surface area (Å²) in [5.74, 6) is -0.452. The van der Waals surface area contributed by atoms with Crippen LogP contribution >= 0.6 is 11.6 Å². The Hall–Kier alpha value is -2.81. The predicted molar refractivity (Wildman–Crippen MR) is 103 cm³/mol. The summed E-state index contributed by atoms with van der Waals surface area (Å²) in [6, 6.07) is 16.5. The molecule has 1 heterocycles. The molecular formula is C20H18ClN3O2. The zero-order chi connectivity index (χ0) is 18.4. The molecule has 132 valence electrons. The lowest BCUT2D eigenvalue weighted by atomic mass is 10.1. The number of anilines is 2. The number of hydrogen-bond donors (Lipinski definition) is 1. The van der Waals surface area contributed by atoms with Crippen molar-refractivity contribution in [1.82, 2.24) is 0 Å². The van der Waals surface area contributed by atoms with Crippen molar-refractivity contribution in [2.24, 2.45) is 0 Å². The van der Waals surface area contributed by atoms with Crippen LogP contribution in [0.15, 0.2) is 54.1 Å². The summed E-state index contributed by atoms with van der Waals surface area (Å²) in [6.45, 7) is 3.18. The molecule has 3 rings (SSSR count). The van der Waals surface area contributed by atoms with Gasteiger partial charge < -0.3 is 15.0 Å². The molecule has 1 aliphatic rings. The van der Waals surface area contributed by atoms with E-state index in [4.69, 9.17) is 16.3 Å². The molecule has 1 amide bonds. The zero-order valence-electron chi connectivity index (χ0n) is 14.1. The number of nitrogens with zero attached hydrogens (tertiary/aromatic N) is 2. The van der Waals surface area contributed by atoms with Crippen molar-refractivity contribution in [2.45, 2.75) is 0 Å². The van der Waals surface area contributed by atoms with Gasteiger partial charge in [-0.25, -0.2) is 0 Å². The van der Waals surface area contributed by atoms with Crippen molar-refractivity contribution in [3.8, 4) is 6.07 Å². The van der Waals surface area contributed by atoms with Crippen LogP contribution in [0, 0.1) is 11.3 Å². The minimum Gasteiger partial charge on any atom is -0.378 e. The lowest BCUT2D eigenvalue weighted by Crippen LogP contribution is -2.36. The van der Waals surface area contributed by atoms with Gasteiger partial charge in [-0.1, -0.05) is 23.7 Å². The maximum atomic E-state index is 12.3. The summed E-state index contributed by atoms with van der Waals surface area (Å²) in [6.07, 6.45) is 1.58. The largest absolute Gasteiger partial charge is 0.378 e. The summed E-state index contributed by atoms with van der Waals surface area (Å²) in [4.78, 5) is 14.5. The molecule has 0 atom stereocenters. The first-order valence-electron chi connectivity index (χ1n) is 8.27. The molecule has 2 aromatic carbocycles. The fourth-order valence-electron chi connectivity index (χ4n) is 2.65. The number of ether oxygens (including phenoxy) is 1. The number of morpholine rings is 1. The highest BCUT2D eigenvalue weighted by Crippen LogP contribution is 2.19. The summed E-state index contributed by atoms with van der Waals surface area (Å²) in [7, 11) is 0. The van der Waals surface area contributed by atoms with Gasteiger partial charge in [-0.15, -0.1) is 0 Å². The number of nitriles is 1. The van der Waals surface area contributed by atoms with E-state index in [0.29, 0.717) is 10.7 Å². The van der Waals surface area contributed by atoms with E-state index in [1.807, 2.05) is 30.3 Å². The quantitative estimate of drug-likeness (QED) is 0.660. The van der Waals surface area contributed by atoms with Gasteiger partial charge >= 0.3 is 0 Å². The maximum absolute atomic E-state index is 12.3. The summed E-state index contributed by atoms with van der Waals surface area (Å²) >= 11 is 5.83. The molecule has 0 aromatic heterocycles. The molecule has 0 radical (unpaired) electrons. The Morgan fingerprint density at radius 2 is 1.77 bits per heavy atom. The number of carbonyl (C=O) groups excluding carboxylic acids is 1. The van der Waals surface area contributed by atoms with Crippen LogP contribution in [0.1, 0.15) is 5.56 Å². The van der Waals surface area contributed by atoms with E-state index in [-0.39, 0.29) is 5.57 Å². The number of nitrogens with one attached hydrogen (secondary N) is 1. The van der Waals surface area contributed by atoms with Gasteiger partial charge in [-0.3, -0.25) is 4.79 Å². The van der Waals surface area contributed by atoms with Crippen molar-refractivity contribution >= 4 is 35.0 Å². The van der Waals surface area contributed by atoms with Crippen molar-refractivity contribution in [3.63, 3.8) is 0 Å². The molecule has 6 heteroatoms. The Labute approximate surface area is 157 Å². The Morgan fingerprint density at radius 3 is 2.38 bits per heavy atom. The maximum Gasteiger partial charge on any atom is 0.266 e. The van der Waals surface area contributed by atoms with Gasteiger partial charge in [0, 0.05) is 29.5 Å².